The van der Waals surface area contributed by atoms with E-state index in [1.165, 1.54) is 0 Å². The lowest BCUT2D eigenvalue weighted by molar-refractivity contribution is 0.472. The summed E-state index contributed by atoms with van der Waals surface area (Å²) in [5.74, 6) is -1.99. The number of nitrogens with one attached hydrogen (secondary N) is 1. The van der Waals surface area contributed by atoms with E-state index in [1.807, 2.05) is 13.8 Å². The fourth-order valence-electron chi connectivity index (χ4n) is 1.62. The van der Waals surface area contributed by atoms with E-state index in [9.17, 15) is 17.2 Å². The highest BCUT2D eigenvalue weighted by Crippen LogP contribution is 2.18. The van der Waals surface area contributed by atoms with Gasteiger partial charge in [-0.2, -0.15) is 0 Å². The highest BCUT2D eigenvalue weighted by atomic mass is 32.2. The molecule has 0 amide bonds. The summed E-state index contributed by atoms with van der Waals surface area (Å²) in [6, 6.07) is 2.98. The lowest BCUT2D eigenvalue weighted by Gasteiger charge is -2.14. The van der Waals surface area contributed by atoms with E-state index < -0.39 is 26.6 Å². The van der Waals surface area contributed by atoms with Crippen LogP contribution in [0.15, 0.2) is 23.1 Å². The van der Waals surface area contributed by atoms with Crippen LogP contribution in [0.25, 0.3) is 0 Å². The van der Waals surface area contributed by atoms with Crippen molar-refractivity contribution in [1.29, 1.82) is 0 Å². The summed E-state index contributed by atoms with van der Waals surface area (Å²) >= 11 is 0. The zero-order valence-corrected chi connectivity index (χ0v) is 11.2. The van der Waals surface area contributed by atoms with E-state index in [4.69, 9.17) is 0 Å². The molecule has 0 saturated heterocycles. The van der Waals surface area contributed by atoms with Gasteiger partial charge < -0.3 is 0 Å². The molecule has 0 unspecified atom stereocenters. The number of hydrogen-bond acceptors (Lipinski definition) is 2. The Bertz CT molecular complexity index is 479. The first-order valence-corrected chi connectivity index (χ1v) is 7.34. The minimum Gasteiger partial charge on any atom is -0.211 e. The molecule has 0 aliphatic carbocycles. The van der Waals surface area contributed by atoms with Gasteiger partial charge in [0.25, 0.3) is 0 Å². The standard InChI is InChI=1S/C12H17F2NO2S/c1-3-9(4-2)8-15-18(16,17)12-10(13)6-5-7-11(12)14/h5-7,9,15H,3-4,8H2,1-2H3. The van der Waals surface area contributed by atoms with Gasteiger partial charge in [-0.25, -0.2) is 21.9 Å². The van der Waals surface area contributed by atoms with E-state index in [2.05, 4.69) is 4.72 Å². The van der Waals surface area contributed by atoms with Crippen LogP contribution in [-0.2, 0) is 10.0 Å². The van der Waals surface area contributed by atoms with Crippen molar-refractivity contribution in [3.63, 3.8) is 0 Å². The molecule has 0 aromatic heterocycles. The largest absolute Gasteiger partial charge is 0.246 e. The number of halogens is 2. The summed E-state index contributed by atoms with van der Waals surface area (Å²) in [6.45, 7) is 4.06. The Hall–Kier alpha value is -1.01. The summed E-state index contributed by atoms with van der Waals surface area (Å²) in [5.41, 5.74) is 0. The summed E-state index contributed by atoms with van der Waals surface area (Å²) in [4.78, 5) is -0.907. The van der Waals surface area contributed by atoms with Gasteiger partial charge in [0.05, 0.1) is 0 Å². The fraction of sp³-hybridized carbons (Fsp3) is 0.500. The molecule has 1 rings (SSSR count). The molecule has 6 heteroatoms. The first kappa shape index (κ1) is 15.0. The van der Waals surface area contributed by atoms with Crippen LogP contribution in [0.5, 0.6) is 0 Å². The number of sulfonamides is 1. The minimum atomic E-state index is -4.14. The molecule has 0 fully saturated rings. The molecule has 18 heavy (non-hydrogen) atoms. The van der Waals surface area contributed by atoms with Crippen LogP contribution in [0.1, 0.15) is 26.7 Å². The first-order valence-electron chi connectivity index (χ1n) is 5.86. The summed E-state index contributed by atoms with van der Waals surface area (Å²) in [7, 11) is -4.14. The molecular formula is C12H17F2NO2S. The third-order valence-electron chi connectivity index (χ3n) is 2.90. The van der Waals surface area contributed by atoms with Crippen LogP contribution < -0.4 is 4.72 Å². The molecule has 0 saturated carbocycles. The average Bonchev–Trinajstić information content (AvgIpc) is 2.29. The number of benzene rings is 1. The topological polar surface area (TPSA) is 46.2 Å². The lowest BCUT2D eigenvalue weighted by Crippen LogP contribution is -2.30. The predicted molar refractivity (Wildman–Crippen MR) is 65.6 cm³/mol. The Morgan fingerprint density at radius 2 is 1.67 bits per heavy atom. The molecular weight excluding hydrogens is 260 g/mol. The minimum absolute atomic E-state index is 0.162. The molecule has 1 aromatic carbocycles. The van der Waals surface area contributed by atoms with Crippen LogP contribution >= 0.6 is 0 Å². The van der Waals surface area contributed by atoms with Crippen LogP contribution in [0.3, 0.4) is 0 Å². The van der Waals surface area contributed by atoms with Crippen molar-refractivity contribution in [3.8, 4) is 0 Å². The summed E-state index contributed by atoms with van der Waals surface area (Å²) < 4.78 is 52.6. The Morgan fingerprint density at radius 3 is 2.11 bits per heavy atom. The second-order valence-electron chi connectivity index (χ2n) is 4.09. The molecule has 0 heterocycles. The molecule has 102 valence electrons. The van der Waals surface area contributed by atoms with E-state index >= 15 is 0 Å². The Morgan fingerprint density at radius 1 is 1.17 bits per heavy atom. The van der Waals surface area contributed by atoms with Gasteiger partial charge in [0.2, 0.25) is 10.0 Å². The molecule has 1 N–H and O–H groups in total. The smallest absolute Gasteiger partial charge is 0.211 e. The van der Waals surface area contributed by atoms with Gasteiger partial charge in [0.15, 0.2) is 4.90 Å². The van der Waals surface area contributed by atoms with Crippen molar-refractivity contribution in [2.45, 2.75) is 31.6 Å². The highest BCUT2D eigenvalue weighted by molar-refractivity contribution is 7.89. The molecule has 0 radical (unpaired) electrons. The number of hydrogen-bond donors (Lipinski definition) is 1. The first-order chi connectivity index (χ1) is 8.42. The normalized spacial score (nSPS) is 12.1. The molecule has 0 bridgehead atoms. The fourth-order valence-corrected chi connectivity index (χ4v) is 2.87. The van der Waals surface area contributed by atoms with Crippen molar-refractivity contribution in [2.75, 3.05) is 6.54 Å². The third kappa shape index (κ3) is 3.49. The summed E-state index contributed by atoms with van der Waals surface area (Å²) in [6.07, 6.45) is 1.61. The van der Waals surface area contributed by atoms with Gasteiger partial charge in [-0.3, -0.25) is 0 Å². The monoisotopic (exact) mass is 277 g/mol. The van der Waals surface area contributed by atoms with E-state index in [0.29, 0.717) is 0 Å². The second kappa shape index (κ2) is 6.24. The molecule has 3 nitrogen and oxygen atoms in total. The third-order valence-corrected chi connectivity index (χ3v) is 4.38. The van der Waals surface area contributed by atoms with Gasteiger partial charge in [-0.05, 0) is 18.1 Å². The van der Waals surface area contributed by atoms with Crippen LogP contribution in [0.2, 0.25) is 0 Å². The molecule has 1 aromatic rings. The maximum Gasteiger partial charge on any atom is 0.246 e. The van der Waals surface area contributed by atoms with Gasteiger partial charge in [0.1, 0.15) is 11.6 Å². The van der Waals surface area contributed by atoms with Gasteiger partial charge >= 0.3 is 0 Å². The zero-order chi connectivity index (χ0) is 13.8. The molecule has 0 aliphatic heterocycles. The maximum absolute atomic E-state index is 13.4. The Kier molecular flexibility index (Phi) is 5.22. The SMILES string of the molecule is CCC(CC)CNS(=O)(=O)c1c(F)cccc1F. The van der Waals surface area contributed by atoms with Crippen molar-refractivity contribution in [3.05, 3.63) is 29.8 Å². The molecule has 0 aliphatic rings. The Labute approximate surface area is 106 Å². The van der Waals surface area contributed by atoms with Crippen molar-refractivity contribution in [2.24, 2.45) is 5.92 Å². The van der Waals surface area contributed by atoms with E-state index in [1.54, 1.807) is 0 Å². The average molecular weight is 277 g/mol. The number of rotatable bonds is 6. The Balaban J connectivity index is 2.94. The van der Waals surface area contributed by atoms with Crippen LogP contribution in [-0.4, -0.2) is 15.0 Å². The quantitative estimate of drug-likeness (QED) is 0.869. The van der Waals surface area contributed by atoms with Crippen molar-refractivity contribution < 1.29 is 17.2 Å². The van der Waals surface area contributed by atoms with Gasteiger partial charge in [0, 0.05) is 6.54 Å². The van der Waals surface area contributed by atoms with E-state index in [0.717, 1.165) is 31.0 Å². The van der Waals surface area contributed by atoms with Crippen molar-refractivity contribution in [1.82, 2.24) is 4.72 Å². The van der Waals surface area contributed by atoms with Crippen molar-refractivity contribution >= 4 is 10.0 Å². The van der Waals surface area contributed by atoms with Crippen LogP contribution in [0.4, 0.5) is 8.78 Å². The maximum atomic E-state index is 13.4. The van der Waals surface area contributed by atoms with Crippen LogP contribution in [0, 0.1) is 17.6 Å². The van der Waals surface area contributed by atoms with Gasteiger partial charge in [-0.1, -0.05) is 32.8 Å². The zero-order valence-electron chi connectivity index (χ0n) is 10.4. The second-order valence-corrected chi connectivity index (χ2v) is 5.79. The lowest BCUT2D eigenvalue weighted by atomic mass is 10.0. The predicted octanol–water partition coefficient (Wildman–Crippen LogP) is 2.68. The molecule has 0 spiro atoms. The molecule has 0 atom stereocenters. The highest BCUT2D eigenvalue weighted by Gasteiger charge is 2.23. The van der Waals surface area contributed by atoms with Gasteiger partial charge in [-0.15, -0.1) is 0 Å². The summed E-state index contributed by atoms with van der Waals surface area (Å²) in [5, 5.41) is 0. The van der Waals surface area contributed by atoms with E-state index in [-0.39, 0.29) is 12.5 Å².